The van der Waals surface area contributed by atoms with E-state index in [2.05, 4.69) is 36.9 Å². The molecular weight excluding hydrogens is 260 g/mol. The van der Waals surface area contributed by atoms with Gasteiger partial charge in [0, 0.05) is 12.0 Å². The Morgan fingerprint density at radius 1 is 1.38 bits per heavy atom. The molecule has 0 saturated heterocycles. The van der Waals surface area contributed by atoms with Crippen molar-refractivity contribution in [1.82, 2.24) is 0 Å². The number of benzene rings is 2. The van der Waals surface area contributed by atoms with E-state index < -0.39 is 0 Å². The molecule has 0 N–H and O–H groups in total. The van der Waals surface area contributed by atoms with Gasteiger partial charge in [0.05, 0.1) is 5.92 Å². The second-order valence-corrected chi connectivity index (χ2v) is 5.76. The molecule has 3 rings (SSSR count). The van der Waals surface area contributed by atoms with Crippen LogP contribution in [-0.4, -0.2) is 5.97 Å². The Kier molecular flexibility index (Phi) is 3.78. The number of ether oxygens (including phenoxy) is 1. The molecule has 1 aliphatic rings. The third kappa shape index (κ3) is 2.58. The Morgan fingerprint density at radius 3 is 2.90 bits per heavy atom. The fourth-order valence-corrected chi connectivity index (χ4v) is 3.05. The summed E-state index contributed by atoms with van der Waals surface area (Å²) in [4.78, 5) is 12.2. The fraction of sp³-hybridized carbons (Fsp3) is 0.316. The van der Waals surface area contributed by atoms with Crippen LogP contribution >= 0.6 is 0 Å². The van der Waals surface area contributed by atoms with E-state index in [0.717, 1.165) is 24.8 Å². The zero-order valence-corrected chi connectivity index (χ0v) is 12.3. The minimum Gasteiger partial charge on any atom is -0.457 e. The maximum absolute atomic E-state index is 12.2. The number of rotatable bonds is 5. The van der Waals surface area contributed by atoms with Gasteiger partial charge in [-0.1, -0.05) is 49.4 Å². The summed E-state index contributed by atoms with van der Waals surface area (Å²) >= 11 is 0. The molecule has 2 heteroatoms. The van der Waals surface area contributed by atoms with Gasteiger partial charge in [-0.2, -0.15) is 0 Å². The van der Waals surface area contributed by atoms with E-state index in [1.54, 1.807) is 0 Å². The minimum atomic E-state index is -0.134. The Labute approximate surface area is 125 Å². The van der Waals surface area contributed by atoms with Gasteiger partial charge in [0.15, 0.2) is 0 Å². The Bertz CT molecular complexity index is 682. The van der Waals surface area contributed by atoms with E-state index in [0.29, 0.717) is 0 Å². The van der Waals surface area contributed by atoms with E-state index in [1.807, 2.05) is 19.1 Å². The highest BCUT2D eigenvalue weighted by Gasteiger charge is 2.28. The zero-order valence-electron chi connectivity index (χ0n) is 12.3. The van der Waals surface area contributed by atoms with Gasteiger partial charge in [-0.05, 0) is 29.2 Å². The minimum absolute atomic E-state index is 0.0779. The van der Waals surface area contributed by atoms with Crippen LogP contribution < -0.4 is 0 Å². The van der Waals surface area contributed by atoms with Crippen molar-refractivity contribution in [3.63, 3.8) is 0 Å². The first-order valence-corrected chi connectivity index (χ1v) is 7.52. The Hall–Kier alpha value is -2.09. The first kappa shape index (κ1) is 13.9. The van der Waals surface area contributed by atoms with E-state index in [4.69, 9.17) is 4.74 Å². The van der Waals surface area contributed by atoms with Crippen LogP contribution in [0.25, 0.3) is 10.8 Å². The summed E-state index contributed by atoms with van der Waals surface area (Å²) in [5.41, 5.74) is 2.42. The summed E-state index contributed by atoms with van der Waals surface area (Å²) < 4.78 is 5.77. The highest BCUT2D eigenvalue weighted by atomic mass is 16.5. The van der Waals surface area contributed by atoms with Crippen molar-refractivity contribution in [3.8, 4) is 0 Å². The molecular formula is C19H20O2. The summed E-state index contributed by atoms with van der Waals surface area (Å²) in [6, 6.07) is 12.5. The maximum Gasteiger partial charge on any atom is 0.309 e. The molecule has 0 saturated carbocycles. The zero-order chi connectivity index (χ0) is 14.8. The van der Waals surface area contributed by atoms with Crippen molar-refractivity contribution in [1.29, 1.82) is 0 Å². The monoisotopic (exact) mass is 280 g/mol. The number of hydrogen-bond acceptors (Lipinski definition) is 2. The predicted molar refractivity (Wildman–Crippen MR) is 85.1 cm³/mol. The second kappa shape index (κ2) is 5.72. The van der Waals surface area contributed by atoms with Gasteiger partial charge in [-0.15, -0.1) is 6.58 Å². The summed E-state index contributed by atoms with van der Waals surface area (Å²) in [5, 5.41) is 2.49. The third-order valence-corrected chi connectivity index (χ3v) is 4.24. The summed E-state index contributed by atoms with van der Waals surface area (Å²) in [5.74, 6) is -0.183. The Morgan fingerprint density at radius 2 is 2.14 bits per heavy atom. The molecule has 0 fully saturated rings. The number of carbonyl (C=O) groups is 1. The standard InChI is InChI=1S/C19H20O2/c1-3-4-7-13(2)19(20)21-17-12-15-10-5-8-14-9-6-11-16(17)18(14)15/h3,5-6,8-11,13,17H,1,4,7,12H2,2H3. The lowest BCUT2D eigenvalue weighted by Gasteiger charge is -2.17. The fourth-order valence-electron chi connectivity index (χ4n) is 3.05. The van der Waals surface area contributed by atoms with Gasteiger partial charge in [-0.3, -0.25) is 4.79 Å². The van der Waals surface area contributed by atoms with Crippen LogP contribution in [-0.2, 0) is 16.0 Å². The van der Waals surface area contributed by atoms with Gasteiger partial charge in [-0.25, -0.2) is 0 Å². The van der Waals surface area contributed by atoms with Gasteiger partial charge in [0.1, 0.15) is 6.10 Å². The highest BCUT2D eigenvalue weighted by Crippen LogP contribution is 2.39. The molecule has 2 atom stereocenters. The second-order valence-electron chi connectivity index (χ2n) is 5.76. The molecule has 108 valence electrons. The van der Waals surface area contributed by atoms with Gasteiger partial charge >= 0.3 is 5.97 Å². The molecule has 0 heterocycles. The summed E-state index contributed by atoms with van der Waals surface area (Å²) in [6.45, 7) is 5.62. The number of esters is 1. The molecule has 0 amide bonds. The number of carbonyl (C=O) groups excluding carboxylic acids is 1. The molecule has 0 radical (unpaired) electrons. The molecule has 2 aromatic carbocycles. The lowest BCUT2D eigenvalue weighted by molar-refractivity contribution is -0.153. The van der Waals surface area contributed by atoms with Crippen LogP contribution in [0.5, 0.6) is 0 Å². The lowest BCUT2D eigenvalue weighted by Crippen LogP contribution is -2.18. The third-order valence-electron chi connectivity index (χ3n) is 4.24. The van der Waals surface area contributed by atoms with Crippen molar-refractivity contribution in [2.45, 2.75) is 32.3 Å². The van der Waals surface area contributed by atoms with Crippen LogP contribution in [0.4, 0.5) is 0 Å². The van der Waals surface area contributed by atoms with Crippen LogP contribution in [0.15, 0.2) is 49.1 Å². The number of hydrogen-bond donors (Lipinski definition) is 0. The van der Waals surface area contributed by atoms with Crippen LogP contribution in [0.3, 0.4) is 0 Å². The summed E-state index contributed by atoms with van der Waals surface area (Å²) in [7, 11) is 0. The quantitative estimate of drug-likeness (QED) is 0.592. The normalized spacial score (nSPS) is 17.7. The average Bonchev–Trinajstić information content (AvgIpc) is 2.85. The maximum atomic E-state index is 12.2. The molecule has 2 nitrogen and oxygen atoms in total. The summed E-state index contributed by atoms with van der Waals surface area (Å²) in [6.07, 6.45) is 4.14. The largest absolute Gasteiger partial charge is 0.457 e. The molecule has 21 heavy (non-hydrogen) atoms. The van der Waals surface area contributed by atoms with Crippen molar-refractivity contribution in [2.24, 2.45) is 5.92 Å². The van der Waals surface area contributed by atoms with Gasteiger partial charge in [0.2, 0.25) is 0 Å². The molecule has 2 unspecified atom stereocenters. The molecule has 0 aliphatic heterocycles. The number of allylic oxidation sites excluding steroid dienone is 1. The van der Waals surface area contributed by atoms with Crippen molar-refractivity contribution in [3.05, 3.63) is 60.2 Å². The molecule has 0 bridgehead atoms. The predicted octanol–water partition coefficient (Wildman–Crippen LogP) is 4.58. The van der Waals surface area contributed by atoms with Gasteiger partial charge < -0.3 is 4.74 Å². The molecule has 1 aliphatic carbocycles. The first-order chi connectivity index (χ1) is 10.2. The van der Waals surface area contributed by atoms with Crippen molar-refractivity contribution < 1.29 is 9.53 Å². The van der Waals surface area contributed by atoms with E-state index in [-0.39, 0.29) is 18.0 Å². The van der Waals surface area contributed by atoms with Crippen LogP contribution in [0, 0.1) is 5.92 Å². The van der Waals surface area contributed by atoms with E-state index >= 15 is 0 Å². The first-order valence-electron chi connectivity index (χ1n) is 7.52. The smallest absolute Gasteiger partial charge is 0.309 e. The van der Waals surface area contributed by atoms with E-state index in [9.17, 15) is 4.79 Å². The Balaban J connectivity index is 1.79. The average molecular weight is 280 g/mol. The SMILES string of the molecule is C=CCCC(C)C(=O)OC1Cc2cccc3cccc1c23. The van der Waals surface area contributed by atoms with Crippen LogP contribution in [0.1, 0.15) is 37.0 Å². The molecule has 2 aromatic rings. The highest BCUT2D eigenvalue weighted by molar-refractivity contribution is 5.91. The van der Waals surface area contributed by atoms with Crippen LogP contribution in [0.2, 0.25) is 0 Å². The van der Waals surface area contributed by atoms with E-state index in [1.165, 1.54) is 16.3 Å². The van der Waals surface area contributed by atoms with Crippen molar-refractivity contribution in [2.75, 3.05) is 0 Å². The molecule has 0 spiro atoms. The topological polar surface area (TPSA) is 26.3 Å². The van der Waals surface area contributed by atoms with Gasteiger partial charge in [0.25, 0.3) is 0 Å². The van der Waals surface area contributed by atoms with Crippen molar-refractivity contribution >= 4 is 16.7 Å². The lowest BCUT2D eigenvalue weighted by atomic mass is 10.0. The molecule has 0 aromatic heterocycles.